The van der Waals surface area contributed by atoms with Crippen molar-refractivity contribution in [3.63, 3.8) is 0 Å². The van der Waals surface area contributed by atoms with Crippen LogP contribution in [0.25, 0.3) is 0 Å². The maximum atomic E-state index is 13.0. The average molecular weight is 218 g/mol. The zero-order valence-electron chi connectivity index (χ0n) is 7.95. The summed E-state index contributed by atoms with van der Waals surface area (Å²) in [4.78, 5) is 15.6. The van der Waals surface area contributed by atoms with E-state index in [1.165, 1.54) is 13.2 Å². The van der Waals surface area contributed by atoms with Gasteiger partial charge in [0.15, 0.2) is 5.82 Å². The van der Waals surface area contributed by atoms with Gasteiger partial charge in [0.1, 0.15) is 0 Å². The van der Waals surface area contributed by atoms with E-state index < -0.39 is 24.7 Å². The quantitative estimate of drug-likeness (QED) is 0.771. The van der Waals surface area contributed by atoms with Crippen LogP contribution in [-0.2, 0) is 0 Å². The lowest BCUT2D eigenvalue weighted by molar-refractivity contribution is 0.0616. The second kappa shape index (κ2) is 4.77. The SMILES string of the molecule is CN(CC(F)F)C(=O)c1ccncc1F. The van der Waals surface area contributed by atoms with Gasteiger partial charge in [0.05, 0.1) is 18.3 Å². The maximum absolute atomic E-state index is 13.0. The molecule has 0 aliphatic heterocycles. The Kier molecular flexibility index (Phi) is 3.65. The molecule has 0 N–H and O–H groups in total. The lowest BCUT2D eigenvalue weighted by atomic mass is 10.2. The third-order valence-electron chi connectivity index (χ3n) is 1.76. The van der Waals surface area contributed by atoms with E-state index in [4.69, 9.17) is 0 Å². The van der Waals surface area contributed by atoms with Gasteiger partial charge in [-0.2, -0.15) is 0 Å². The van der Waals surface area contributed by atoms with Gasteiger partial charge in [-0.1, -0.05) is 0 Å². The minimum atomic E-state index is -2.64. The second-order valence-corrected chi connectivity index (χ2v) is 2.93. The third-order valence-corrected chi connectivity index (χ3v) is 1.76. The normalized spacial score (nSPS) is 10.5. The Labute approximate surface area is 84.5 Å². The van der Waals surface area contributed by atoms with E-state index >= 15 is 0 Å². The molecule has 1 aromatic rings. The summed E-state index contributed by atoms with van der Waals surface area (Å²) in [7, 11) is 1.19. The summed E-state index contributed by atoms with van der Waals surface area (Å²) < 4.78 is 37.0. The summed E-state index contributed by atoms with van der Waals surface area (Å²) in [5, 5.41) is 0. The van der Waals surface area contributed by atoms with Gasteiger partial charge >= 0.3 is 0 Å². The van der Waals surface area contributed by atoms with Crippen molar-refractivity contribution in [2.45, 2.75) is 6.43 Å². The molecule has 0 saturated carbocycles. The zero-order valence-corrected chi connectivity index (χ0v) is 7.95. The van der Waals surface area contributed by atoms with Crippen molar-refractivity contribution >= 4 is 5.91 Å². The molecule has 0 bridgehead atoms. The molecule has 82 valence electrons. The number of alkyl halides is 2. The van der Waals surface area contributed by atoms with Gasteiger partial charge in [0, 0.05) is 13.2 Å². The number of hydrogen-bond donors (Lipinski definition) is 0. The van der Waals surface area contributed by atoms with Gasteiger partial charge in [0.25, 0.3) is 12.3 Å². The van der Waals surface area contributed by atoms with Crippen molar-refractivity contribution in [3.8, 4) is 0 Å². The first kappa shape index (κ1) is 11.5. The molecular weight excluding hydrogens is 209 g/mol. The van der Waals surface area contributed by atoms with Crippen LogP contribution in [0.4, 0.5) is 13.2 Å². The van der Waals surface area contributed by atoms with Gasteiger partial charge in [-0.15, -0.1) is 0 Å². The first-order valence-electron chi connectivity index (χ1n) is 4.15. The Bertz CT molecular complexity index is 357. The molecule has 1 amide bonds. The van der Waals surface area contributed by atoms with E-state index in [0.29, 0.717) is 0 Å². The molecule has 1 heterocycles. The fourth-order valence-electron chi connectivity index (χ4n) is 1.04. The van der Waals surface area contributed by atoms with Crippen molar-refractivity contribution < 1.29 is 18.0 Å². The Morgan fingerprint density at radius 2 is 2.27 bits per heavy atom. The number of amides is 1. The summed E-state index contributed by atoms with van der Waals surface area (Å²) in [5.74, 6) is -1.60. The molecular formula is C9H9F3N2O. The lowest BCUT2D eigenvalue weighted by Gasteiger charge is -2.16. The number of pyridine rings is 1. The van der Waals surface area contributed by atoms with Crippen LogP contribution in [0.15, 0.2) is 18.5 Å². The highest BCUT2D eigenvalue weighted by molar-refractivity contribution is 5.94. The van der Waals surface area contributed by atoms with Crippen molar-refractivity contribution in [3.05, 3.63) is 29.8 Å². The highest BCUT2D eigenvalue weighted by atomic mass is 19.3. The van der Waals surface area contributed by atoms with Crippen molar-refractivity contribution in [1.29, 1.82) is 0 Å². The van der Waals surface area contributed by atoms with Crippen molar-refractivity contribution in [2.24, 2.45) is 0 Å². The molecule has 1 aromatic heterocycles. The van der Waals surface area contributed by atoms with Crippen LogP contribution in [0.1, 0.15) is 10.4 Å². The molecule has 15 heavy (non-hydrogen) atoms. The number of nitrogens with zero attached hydrogens (tertiary/aromatic N) is 2. The van der Waals surface area contributed by atoms with Crippen LogP contribution in [-0.4, -0.2) is 35.8 Å². The molecule has 1 rings (SSSR count). The molecule has 0 aromatic carbocycles. The minimum Gasteiger partial charge on any atom is -0.336 e. The number of aromatic nitrogens is 1. The molecule has 0 aliphatic rings. The molecule has 0 saturated heterocycles. The van der Waals surface area contributed by atoms with Crippen LogP contribution in [0.5, 0.6) is 0 Å². The molecule has 6 heteroatoms. The van der Waals surface area contributed by atoms with E-state index in [2.05, 4.69) is 4.98 Å². The largest absolute Gasteiger partial charge is 0.336 e. The van der Waals surface area contributed by atoms with Crippen LogP contribution >= 0.6 is 0 Å². The third kappa shape index (κ3) is 2.93. The van der Waals surface area contributed by atoms with Gasteiger partial charge in [0.2, 0.25) is 0 Å². The number of carbonyl (C=O) groups is 1. The predicted molar refractivity (Wildman–Crippen MR) is 47.2 cm³/mol. The van der Waals surface area contributed by atoms with E-state index in [9.17, 15) is 18.0 Å². The molecule has 3 nitrogen and oxygen atoms in total. The molecule has 0 radical (unpaired) electrons. The standard InChI is InChI=1S/C9H9F3N2O/c1-14(5-8(11)12)9(15)6-2-3-13-4-7(6)10/h2-4,8H,5H2,1H3. The Balaban J connectivity index is 2.81. The zero-order chi connectivity index (χ0) is 11.4. The first-order chi connectivity index (χ1) is 7.02. The summed E-state index contributed by atoms with van der Waals surface area (Å²) in [6.07, 6.45) is -0.542. The monoisotopic (exact) mass is 218 g/mol. The predicted octanol–water partition coefficient (Wildman–Crippen LogP) is 1.56. The summed E-state index contributed by atoms with van der Waals surface area (Å²) in [5.41, 5.74) is -0.256. The molecule has 0 spiro atoms. The fourth-order valence-corrected chi connectivity index (χ4v) is 1.04. The summed E-state index contributed by atoms with van der Waals surface area (Å²) in [6.45, 7) is -0.722. The number of rotatable bonds is 3. The van der Waals surface area contributed by atoms with Crippen LogP contribution in [0.2, 0.25) is 0 Å². The fraction of sp³-hybridized carbons (Fsp3) is 0.333. The van der Waals surface area contributed by atoms with Gasteiger partial charge < -0.3 is 4.90 Å². The Morgan fingerprint density at radius 1 is 1.60 bits per heavy atom. The van der Waals surface area contributed by atoms with Gasteiger partial charge in [-0.25, -0.2) is 13.2 Å². The Hall–Kier alpha value is -1.59. The number of carbonyl (C=O) groups excluding carboxylic acids is 1. The van der Waals surface area contributed by atoms with E-state index in [-0.39, 0.29) is 5.56 Å². The minimum absolute atomic E-state index is 0.256. The average Bonchev–Trinajstić information content (AvgIpc) is 2.16. The smallest absolute Gasteiger partial charge is 0.256 e. The summed E-state index contributed by atoms with van der Waals surface area (Å²) in [6, 6.07) is 1.15. The maximum Gasteiger partial charge on any atom is 0.256 e. The van der Waals surface area contributed by atoms with Crippen LogP contribution in [0, 0.1) is 5.82 Å². The molecule has 0 aliphatic carbocycles. The molecule has 0 fully saturated rings. The highest BCUT2D eigenvalue weighted by Gasteiger charge is 2.18. The second-order valence-electron chi connectivity index (χ2n) is 2.93. The van der Waals surface area contributed by atoms with Gasteiger partial charge in [-0.05, 0) is 6.07 Å². The topological polar surface area (TPSA) is 33.2 Å². The highest BCUT2D eigenvalue weighted by Crippen LogP contribution is 2.08. The molecule has 0 unspecified atom stereocenters. The number of hydrogen-bond acceptors (Lipinski definition) is 2. The lowest BCUT2D eigenvalue weighted by Crippen LogP contribution is -2.31. The van der Waals surface area contributed by atoms with Crippen LogP contribution in [0.3, 0.4) is 0 Å². The van der Waals surface area contributed by atoms with Gasteiger partial charge in [-0.3, -0.25) is 9.78 Å². The van der Waals surface area contributed by atoms with E-state index in [0.717, 1.165) is 17.2 Å². The van der Waals surface area contributed by atoms with E-state index in [1.54, 1.807) is 0 Å². The van der Waals surface area contributed by atoms with Crippen LogP contribution < -0.4 is 0 Å². The molecule has 0 atom stereocenters. The van der Waals surface area contributed by atoms with E-state index in [1.807, 2.05) is 0 Å². The van der Waals surface area contributed by atoms with Crippen molar-refractivity contribution in [1.82, 2.24) is 9.88 Å². The first-order valence-corrected chi connectivity index (χ1v) is 4.15. The summed E-state index contributed by atoms with van der Waals surface area (Å²) >= 11 is 0. The Morgan fingerprint density at radius 3 is 2.80 bits per heavy atom. The van der Waals surface area contributed by atoms with Crippen molar-refractivity contribution in [2.75, 3.05) is 13.6 Å². The number of halogens is 3.